The number of rotatable bonds is 7. The lowest BCUT2D eigenvalue weighted by molar-refractivity contribution is -0.147. The molecule has 0 amide bonds. The van der Waals surface area contributed by atoms with Gasteiger partial charge in [0.15, 0.2) is 0 Å². The van der Waals surface area contributed by atoms with Gasteiger partial charge in [0.1, 0.15) is 11.5 Å². The van der Waals surface area contributed by atoms with Crippen molar-refractivity contribution in [3.05, 3.63) is 23.8 Å². The summed E-state index contributed by atoms with van der Waals surface area (Å²) in [4.78, 5) is 11.7. The third-order valence-electron chi connectivity index (χ3n) is 3.13. The lowest BCUT2D eigenvalue weighted by Gasteiger charge is -2.21. The fourth-order valence-corrected chi connectivity index (χ4v) is 2.12. The van der Waals surface area contributed by atoms with E-state index < -0.39 is 0 Å². The average Bonchev–Trinajstić information content (AvgIpc) is 2.46. The number of benzene rings is 1. The van der Waals surface area contributed by atoms with Crippen molar-refractivity contribution in [2.24, 2.45) is 11.7 Å². The first-order valence-electron chi connectivity index (χ1n) is 6.68. The van der Waals surface area contributed by atoms with Gasteiger partial charge < -0.3 is 19.9 Å². The number of ether oxygens (including phenoxy) is 3. The molecule has 0 saturated heterocycles. The normalized spacial score (nSPS) is 13.4. The molecule has 1 aromatic rings. The Morgan fingerprint density at radius 1 is 1.25 bits per heavy atom. The topological polar surface area (TPSA) is 70.8 Å². The monoisotopic (exact) mass is 281 g/mol. The van der Waals surface area contributed by atoms with Gasteiger partial charge in [0.2, 0.25) is 0 Å². The molecule has 0 aliphatic carbocycles. The third-order valence-corrected chi connectivity index (χ3v) is 3.13. The lowest BCUT2D eigenvalue weighted by atomic mass is 9.95. The minimum atomic E-state index is -0.361. The van der Waals surface area contributed by atoms with Gasteiger partial charge in [0, 0.05) is 6.04 Å². The van der Waals surface area contributed by atoms with Crippen LogP contribution in [0.1, 0.15) is 31.9 Å². The van der Waals surface area contributed by atoms with Gasteiger partial charge in [0.05, 0.1) is 32.3 Å². The summed E-state index contributed by atoms with van der Waals surface area (Å²) in [6.07, 6.45) is 0.468. The van der Waals surface area contributed by atoms with Crippen molar-refractivity contribution in [3.8, 4) is 11.5 Å². The minimum absolute atomic E-state index is 0.239. The SMILES string of the molecule is CCOC(=O)[C@H](C)C[C@@H](N)c1c(OC)cccc1OC. The fraction of sp³-hybridized carbons (Fsp3) is 0.533. The largest absolute Gasteiger partial charge is 0.496 e. The Kier molecular flexibility index (Phi) is 6.31. The van der Waals surface area contributed by atoms with E-state index in [0.29, 0.717) is 24.5 Å². The summed E-state index contributed by atoms with van der Waals surface area (Å²) in [5.41, 5.74) is 6.99. The molecule has 1 rings (SSSR count). The molecule has 1 aromatic carbocycles. The molecule has 20 heavy (non-hydrogen) atoms. The number of esters is 1. The average molecular weight is 281 g/mol. The van der Waals surface area contributed by atoms with Crippen LogP contribution in [0.25, 0.3) is 0 Å². The highest BCUT2D eigenvalue weighted by Gasteiger charge is 2.23. The number of carbonyl (C=O) groups excluding carboxylic acids is 1. The number of carbonyl (C=O) groups is 1. The van der Waals surface area contributed by atoms with Crippen molar-refractivity contribution in [1.82, 2.24) is 0 Å². The second kappa shape index (κ2) is 7.75. The molecule has 2 atom stereocenters. The highest BCUT2D eigenvalue weighted by Crippen LogP contribution is 2.35. The van der Waals surface area contributed by atoms with Crippen LogP contribution >= 0.6 is 0 Å². The molecule has 0 fully saturated rings. The van der Waals surface area contributed by atoms with Crippen LogP contribution in [0.5, 0.6) is 11.5 Å². The van der Waals surface area contributed by atoms with Gasteiger partial charge in [0.25, 0.3) is 0 Å². The van der Waals surface area contributed by atoms with E-state index in [2.05, 4.69) is 0 Å². The smallest absolute Gasteiger partial charge is 0.308 e. The molecule has 5 heteroatoms. The van der Waals surface area contributed by atoms with Crippen LogP contribution in [0.15, 0.2) is 18.2 Å². The highest BCUT2D eigenvalue weighted by molar-refractivity contribution is 5.72. The van der Waals surface area contributed by atoms with E-state index >= 15 is 0 Å². The maximum absolute atomic E-state index is 11.7. The molecule has 0 bridgehead atoms. The first kappa shape index (κ1) is 16.3. The van der Waals surface area contributed by atoms with Gasteiger partial charge >= 0.3 is 5.97 Å². The van der Waals surface area contributed by atoms with Crippen molar-refractivity contribution in [3.63, 3.8) is 0 Å². The summed E-state index contributed by atoms with van der Waals surface area (Å²) < 4.78 is 15.6. The summed E-state index contributed by atoms with van der Waals surface area (Å²) in [5.74, 6) is 0.803. The van der Waals surface area contributed by atoms with Crippen LogP contribution in [0, 0.1) is 5.92 Å². The molecule has 0 spiro atoms. The van der Waals surface area contributed by atoms with E-state index in [4.69, 9.17) is 19.9 Å². The molecule has 112 valence electrons. The zero-order valence-corrected chi connectivity index (χ0v) is 12.5. The van der Waals surface area contributed by atoms with Crippen LogP contribution in [0.4, 0.5) is 0 Å². The van der Waals surface area contributed by atoms with Crippen LogP contribution in [-0.4, -0.2) is 26.8 Å². The zero-order chi connectivity index (χ0) is 15.1. The van der Waals surface area contributed by atoms with Crippen LogP contribution in [0.2, 0.25) is 0 Å². The molecule has 0 aliphatic rings. The Labute approximate surface area is 120 Å². The van der Waals surface area contributed by atoms with Crippen molar-refractivity contribution in [2.75, 3.05) is 20.8 Å². The molecule has 0 unspecified atom stereocenters. The third kappa shape index (κ3) is 3.87. The van der Waals surface area contributed by atoms with Gasteiger partial charge in [-0.2, -0.15) is 0 Å². The Morgan fingerprint density at radius 2 is 1.80 bits per heavy atom. The van der Waals surface area contributed by atoms with Gasteiger partial charge in [-0.15, -0.1) is 0 Å². The van der Waals surface area contributed by atoms with Gasteiger partial charge in [-0.1, -0.05) is 13.0 Å². The van der Waals surface area contributed by atoms with Crippen LogP contribution < -0.4 is 15.2 Å². The van der Waals surface area contributed by atoms with E-state index in [9.17, 15) is 4.79 Å². The molecule has 0 saturated carbocycles. The summed E-state index contributed by atoms with van der Waals surface area (Å²) in [7, 11) is 3.17. The quantitative estimate of drug-likeness (QED) is 0.776. The molecule has 5 nitrogen and oxygen atoms in total. The Balaban J connectivity index is 2.91. The summed E-state index contributed by atoms with van der Waals surface area (Å²) >= 11 is 0. The molecular formula is C15H23NO4. The predicted octanol–water partition coefficient (Wildman–Crippen LogP) is 2.29. The summed E-state index contributed by atoms with van der Waals surface area (Å²) in [6.45, 7) is 3.96. The van der Waals surface area contributed by atoms with E-state index in [1.165, 1.54) is 0 Å². The van der Waals surface area contributed by atoms with E-state index in [-0.39, 0.29) is 17.9 Å². The fourth-order valence-electron chi connectivity index (χ4n) is 2.12. The number of nitrogens with two attached hydrogens (primary N) is 1. The van der Waals surface area contributed by atoms with E-state index in [1.54, 1.807) is 28.1 Å². The maximum Gasteiger partial charge on any atom is 0.308 e. The van der Waals surface area contributed by atoms with Gasteiger partial charge in [-0.25, -0.2) is 0 Å². The molecule has 0 radical (unpaired) electrons. The van der Waals surface area contributed by atoms with Gasteiger partial charge in [-0.05, 0) is 25.5 Å². The standard InChI is InChI=1S/C15H23NO4/c1-5-20-15(17)10(2)9-11(16)14-12(18-3)7-6-8-13(14)19-4/h6-8,10-11H,5,9,16H2,1-4H3/t10-,11-/m1/s1. The molecule has 0 heterocycles. The summed E-state index contributed by atoms with van der Waals surface area (Å²) in [6, 6.07) is 5.13. The zero-order valence-electron chi connectivity index (χ0n) is 12.5. The number of hydrogen-bond acceptors (Lipinski definition) is 5. The predicted molar refractivity (Wildman–Crippen MR) is 76.9 cm³/mol. The molecule has 0 aliphatic heterocycles. The molecular weight excluding hydrogens is 258 g/mol. The number of hydrogen-bond donors (Lipinski definition) is 1. The Morgan fingerprint density at radius 3 is 2.25 bits per heavy atom. The second-order valence-corrected chi connectivity index (χ2v) is 4.57. The van der Waals surface area contributed by atoms with Crippen molar-refractivity contribution in [1.29, 1.82) is 0 Å². The number of methoxy groups -OCH3 is 2. The van der Waals surface area contributed by atoms with Crippen LogP contribution in [-0.2, 0) is 9.53 Å². The van der Waals surface area contributed by atoms with Crippen molar-refractivity contribution >= 4 is 5.97 Å². The molecule has 2 N–H and O–H groups in total. The van der Waals surface area contributed by atoms with Crippen LogP contribution in [0.3, 0.4) is 0 Å². The van der Waals surface area contributed by atoms with E-state index in [1.807, 2.05) is 18.2 Å². The maximum atomic E-state index is 11.7. The van der Waals surface area contributed by atoms with Crippen molar-refractivity contribution < 1.29 is 19.0 Å². The first-order chi connectivity index (χ1) is 9.54. The van der Waals surface area contributed by atoms with Crippen molar-refractivity contribution in [2.45, 2.75) is 26.3 Å². The van der Waals surface area contributed by atoms with E-state index in [0.717, 1.165) is 5.56 Å². The summed E-state index contributed by atoms with van der Waals surface area (Å²) in [5, 5.41) is 0. The minimum Gasteiger partial charge on any atom is -0.496 e. The Hall–Kier alpha value is -1.75. The first-order valence-corrected chi connectivity index (χ1v) is 6.68. The highest BCUT2D eigenvalue weighted by atomic mass is 16.5. The Bertz CT molecular complexity index is 425. The second-order valence-electron chi connectivity index (χ2n) is 4.57. The molecule has 0 aromatic heterocycles. The lowest BCUT2D eigenvalue weighted by Crippen LogP contribution is -2.22. The van der Waals surface area contributed by atoms with Gasteiger partial charge in [-0.3, -0.25) is 4.79 Å².